The van der Waals surface area contributed by atoms with Crippen molar-refractivity contribution in [2.24, 2.45) is 7.05 Å². The molecule has 5 nitrogen and oxygen atoms in total. The molecule has 1 fully saturated rings. The van der Waals surface area contributed by atoms with Gasteiger partial charge >= 0.3 is 0 Å². The van der Waals surface area contributed by atoms with Crippen molar-refractivity contribution in [1.29, 1.82) is 0 Å². The zero-order chi connectivity index (χ0) is 16.7. The largest absolute Gasteiger partial charge is 0.349 e. The van der Waals surface area contributed by atoms with Crippen molar-refractivity contribution < 1.29 is 0 Å². The van der Waals surface area contributed by atoms with Crippen molar-refractivity contribution in [2.75, 3.05) is 4.90 Å². The third-order valence-corrected chi connectivity index (χ3v) is 4.77. The molecule has 1 aromatic carbocycles. The summed E-state index contributed by atoms with van der Waals surface area (Å²) in [6.45, 7) is 5.33. The van der Waals surface area contributed by atoms with Gasteiger partial charge in [0.1, 0.15) is 12.1 Å². The van der Waals surface area contributed by atoms with Gasteiger partial charge in [-0.3, -0.25) is 4.68 Å². The lowest BCUT2D eigenvalue weighted by Crippen LogP contribution is -2.26. The molecule has 2 aromatic heterocycles. The lowest BCUT2D eigenvalue weighted by atomic mass is 10.0. The van der Waals surface area contributed by atoms with E-state index in [4.69, 9.17) is 0 Å². The summed E-state index contributed by atoms with van der Waals surface area (Å²) in [6, 6.07) is 9.54. The summed E-state index contributed by atoms with van der Waals surface area (Å²) in [5.74, 6) is 1.57. The zero-order valence-corrected chi connectivity index (χ0v) is 14.5. The van der Waals surface area contributed by atoms with Gasteiger partial charge in [-0.1, -0.05) is 38.1 Å². The fourth-order valence-corrected chi connectivity index (χ4v) is 3.15. The van der Waals surface area contributed by atoms with Gasteiger partial charge in [-0.15, -0.1) is 0 Å². The Labute approximate surface area is 142 Å². The molecule has 0 unspecified atom stereocenters. The van der Waals surface area contributed by atoms with Crippen LogP contribution in [0.5, 0.6) is 0 Å². The number of rotatable bonds is 5. The predicted octanol–water partition coefficient (Wildman–Crippen LogP) is 3.66. The van der Waals surface area contributed by atoms with E-state index >= 15 is 0 Å². The second kappa shape index (κ2) is 5.89. The van der Waals surface area contributed by atoms with Gasteiger partial charge < -0.3 is 4.90 Å². The van der Waals surface area contributed by atoms with Crippen LogP contribution >= 0.6 is 0 Å². The van der Waals surface area contributed by atoms with E-state index in [1.807, 2.05) is 17.9 Å². The monoisotopic (exact) mass is 321 g/mol. The van der Waals surface area contributed by atoms with Crippen LogP contribution in [0.15, 0.2) is 36.8 Å². The van der Waals surface area contributed by atoms with Crippen LogP contribution in [-0.4, -0.2) is 25.8 Å². The Kier molecular flexibility index (Phi) is 3.71. The van der Waals surface area contributed by atoms with Gasteiger partial charge in [-0.05, 0) is 29.9 Å². The molecule has 0 atom stereocenters. The first kappa shape index (κ1) is 15.1. The van der Waals surface area contributed by atoms with E-state index in [0.717, 1.165) is 23.4 Å². The number of nitrogens with zero attached hydrogens (tertiary/aromatic N) is 5. The lowest BCUT2D eigenvalue weighted by molar-refractivity contribution is 0.774. The van der Waals surface area contributed by atoms with Gasteiger partial charge in [0, 0.05) is 19.6 Å². The van der Waals surface area contributed by atoms with Crippen molar-refractivity contribution >= 4 is 16.9 Å². The number of hydrogen-bond acceptors (Lipinski definition) is 4. The summed E-state index contributed by atoms with van der Waals surface area (Å²) >= 11 is 0. The quantitative estimate of drug-likeness (QED) is 0.719. The molecule has 4 rings (SSSR count). The molecule has 1 aliphatic carbocycles. The molecular formula is C19H23N5. The fourth-order valence-electron chi connectivity index (χ4n) is 3.15. The zero-order valence-electron chi connectivity index (χ0n) is 14.5. The number of benzene rings is 1. The SMILES string of the molecule is CC(C)c1ccc(CN(c2ncnc3c2cnn3C)C2CC2)cc1. The van der Waals surface area contributed by atoms with Crippen LogP contribution in [0.2, 0.25) is 0 Å². The van der Waals surface area contributed by atoms with E-state index in [1.165, 1.54) is 24.0 Å². The Morgan fingerprint density at radius 2 is 1.92 bits per heavy atom. The summed E-state index contributed by atoms with van der Waals surface area (Å²) in [5, 5.41) is 5.38. The highest BCUT2D eigenvalue weighted by atomic mass is 15.3. The molecule has 0 spiro atoms. The van der Waals surface area contributed by atoms with Crippen LogP contribution in [0.1, 0.15) is 43.7 Å². The average Bonchev–Trinajstić information content (AvgIpc) is 3.36. The molecule has 5 heteroatoms. The molecule has 124 valence electrons. The highest BCUT2D eigenvalue weighted by Gasteiger charge is 2.31. The fraction of sp³-hybridized carbons (Fsp3) is 0.421. The van der Waals surface area contributed by atoms with Crippen LogP contribution in [0.4, 0.5) is 5.82 Å². The average molecular weight is 321 g/mol. The maximum absolute atomic E-state index is 4.59. The van der Waals surface area contributed by atoms with E-state index in [1.54, 1.807) is 6.33 Å². The van der Waals surface area contributed by atoms with Crippen molar-refractivity contribution in [2.45, 2.75) is 45.2 Å². The summed E-state index contributed by atoms with van der Waals surface area (Å²) in [5.41, 5.74) is 3.59. The minimum atomic E-state index is 0.565. The van der Waals surface area contributed by atoms with Crippen LogP contribution in [-0.2, 0) is 13.6 Å². The third-order valence-electron chi connectivity index (χ3n) is 4.77. The first-order valence-electron chi connectivity index (χ1n) is 8.61. The highest BCUT2D eigenvalue weighted by Crippen LogP contribution is 2.35. The Morgan fingerprint density at radius 1 is 1.17 bits per heavy atom. The Bertz CT molecular complexity index is 846. The summed E-state index contributed by atoms with van der Waals surface area (Å²) in [7, 11) is 1.92. The van der Waals surface area contributed by atoms with E-state index in [0.29, 0.717) is 12.0 Å². The van der Waals surface area contributed by atoms with E-state index < -0.39 is 0 Å². The van der Waals surface area contributed by atoms with Gasteiger partial charge in [0.2, 0.25) is 0 Å². The molecule has 0 amide bonds. The highest BCUT2D eigenvalue weighted by molar-refractivity contribution is 5.86. The van der Waals surface area contributed by atoms with Gasteiger partial charge in [0.15, 0.2) is 5.65 Å². The first-order chi connectivity index (χ1) is 11.6. The van der Waals surface area contributed by atoms with E-state index in [2.05, 4.69) is 58.1 Å². The van der Waals surface area contributed by atoms with Crippen molar-refractivity contribution in [3.63, 3.8) is 0 Å². The molecule has 0 saturated heterocycles. The van der Waals surface area contributed by atoms with Crippen LogP contribution in [0, 0.1) is 0 Å². The Morgan fingerprint density at radius 3 is 2.58 bits per heavy atom. The van der Waals surface area contributed by atoms with E-state index in [9.17, 15) is 0 Å². The number of anilines is 1. The normalized spacial score (nSPS) is 14.5. The Hall–Kier alpha value is -2.43. The molecular weight excluding hydrogens is 298 g/mol. The molecule has 0 aliphatic heterocycles. The number of fused-ring (bicyclic) bond motifs is 1. The second-order valence-corrected chi connectivity index (χ2v) is 6.96. The maximum Gasteiger partial charge on any atom is 0.163 e. The summed E-state index contributed by atoms with van der Waals surface area (Å²) in [6.07, 6.45) is 5.99. The maximum atomic E-state index is 4.59. The van der Waals surface area contributed by atoms with Gasteiger partial charge in [-0.2, -0.15) is 5.10 Å². The van der Waals surface area contributed by atoms with Crippen molar-refractivity contribution in [3.8, 4) is 0 Å². The molecule has 2 heterocycles. The lowest BCUT2D eigenvalue weighted by Gasteiger charge is -2.24. The molecule has 0 N–H and O–H groups in total. The molecule has 1 aliphatic rings. The second-order valence-electron chi connectivity index (χ2n) is 6.96. The predicted molar refractivity (Wildman–Crippen MR) is 96.0 cm³/mol. The molecule has 3 aromatic rings. The molecule has 1 saturated carbocycles. The summed E-state index contributed by atoms with van der Waals surface area (Å²) < 4.78 is 1.81. The molecule has 24 heavy (non-hydrogen) atoms. The topological polar surface area (TPSA) is 46.8 Å². The summed E-state index contributed by atoms with van der Waals surface area (Å²) in [4.78, 5) is 11.4. The third kappa shape index (κ3) is 2.75. The van der Waals surface area contributed by atoms with E-state index in [-0.39, 0.29) is 0 Å². The van der Waals surface area contributed by atoms with Gasteiger partial charge in [0.05, 0.1) is 11.6 Å². The van der Waals surface area contributed by atoms with Crippen LogP contribution in [0.25, 0.3) is 11.0 Å². The minimum absolute atomic E-state index is 0.565. The van der Waals surface area contributed by atoms with Crippen LogP contribution < -0.4 is 4.90 Å². The molecule has 0 bridgehead atoms. The standard InChI is InChI=1S/C19H23N5/c1-13(2)15-6-4-14(5-7-15)11-24(16-8-9-16)19-17-10-22-23(3)18(17)20-12-21-19/h4-7,10,12-13,16H,8-9,11H2,1-3H3. The van der Waals surface area contributed by atoms with Crippen molar-refractivity contribution in [3.05, 3.63) is 47.9 Å². The Balaban J connectivity index is 1.67. The number of aromatic nitrogens is 4. The number of aryl methyl sites for hydroxylation is 1. The molecule has 0 radical (unpaired) electrons. The van der Waals surface area contributed by atoms with Gasteiger partial charge in [-0.25, -0.2) is 9.97 Å². The van der Waals surface area contributed by atoms with Crippen molar-refractivity contribution in [1.82, 2.24) is 19.7 Å². The van der Waals surface area contributed by atoms with Gasteiger partial charge in [0.25, 0.3) is 0 Å². The minimum Gasteiger partial charge on any atom is -0.349 e. The van der Waals surface area contributed by atoms with Crippen LogP contribution in [0.3, 0.4) is 0 Å². The first-order valence-corrected chi connectivity index (χ1v) is 8.61. The smallest absolute Gasteiger partial charge is 0.163 e. The number of hydrogen-bond donors (Lipinski definition) is 0.